The fourth-order valence-corrected chi connectivity index (χ4v) is 3.81. The summed E-state index contributed by atoms with van der Waals surface area (Å²) in [6.45, 7) is 2.73. The van der Waals surface area contributed by atoms with Crippen molar-refractivity contribution in [3.8, 4) is 0 Å². The molecule has 0 aromatic heterocycles. The number of urea groups is 1. The van der Waals surface area contributed by atoms with Crippen LogP contribution >= 0.6 is 0 Å². The highest BCUT2D eigenvalue weighted by molar-refractivity contribution is 5.96. The summed E-state index contributed by atoms with van der Waals surface area (Å²) in [4.78, 5) is 37.4. The minimum Gasteiger partial charge on any atom is -0.481 e. The molecule has 0 atom stereocenters. The van der Waals surface area contributed by atoms with Gasteiger partial charge in [0.05, 0.1) is 5.92 Å². The van der Waals surface area contributed by atoms with Gasteiger partial charge in [-0.15, -0.1) is 0 Å². The number of carboxylic acid groups (broad SMARTS) is 1. The number of anilines is 1. The Kier molecular flexibility index (Phi) is 5.98. The third kappa shape index (κ3) is 4.78. The molecule has 1 saturated heterocycles. The summed E-state index contributed by atoms with van der Waals surface area (Å²) in [5, 5.41) is 15.0. The number of piperidine rings is 1. The Morgan fingerprint density at radius 1 is 1.07 bits per heavy atom. The highest BCUT2D eigenvalue weighted by Crippen LogP contribution is 2.22. The maximum Gasteiger partial charge on any atom is 0.321 e. The molecule has 7 heteroatoms. The molecule has 1 aromatic rings. The Balaban J connectivity index is 1.56. The van der Waals surface area contributed by atoms with Crippen molar-refractivity contribution >= 4 is 23.6 Å². The van der Waals surface area contributed by atoms with Gasteiger partial charge in [0.2, 0.25) is 0 Å². The number of hydrogen-bond acceptors (Lipinski definition) is 3. The maximum atomic E-state index is 12.4. The molecule has 1 aromatic carbocycles. The number of carbonyl (C=O) groups excluding carboxylic acids is 2. The average Bonchev–Trinajstić information content (AvgIpc) is 3.16. The summed E-state index contributed by atoms with van der Waals surface area (Å²) in [5.74, 6) is -1.23. The van der Waals surface area contributed by atoms with E-state index in [2.05, 4.69) is 10.6 Å². The largest absolute Gasteiger partial charge is 0.481 e. The van der Waals surface area contributed by atoms with Crippen LogP contribution < -0.4 is 10.6 Å². The molecule has 1 aliphatic carbocycles. The third-order valence-electron chi connectivity index (χ3n) is 5.55. The summed E-state index contributed by atoms with van der Waals surface area (Å²) >= 11 is 0. The van der Waals surface area contributed by atoms with Crippen molar-refractivity contribution in [2.75, 3.05) is 18.4 Å². The van der Waals surface area contributed by atoms with Gasteiger partial charge < -0.3 is 20.6 Å². The zero-order valence-corrected chi connectivity index (χ0v) is 15.7. The van der Waals surface area contributed by atoms with Crippen molar-refractivity contribution in [1.82, 2.24) is 10.2 Å². The van der Waals surface area contributed by atoms with E-state index in [0.717, 1.165) is 18.4 Å². The summed E-state index contributed by atoms with van der Waals surface area (Å²) in [7, 11) is 0. The molecule has 1 saturated carbocycles. The second-order valence-electron chi connectivity index (χ2n) is 7.51. The molecule has 7 nitrogen and oxygen atoms in total. The van der Waals surface area contributed by atoms with Gasteiger partial charge in [0, 0.05) is 30.4 Å². The normalized spacial score (nSPS) is 18.3. The van der Waals surface area contributed by atoms with Crippen LogP contribution in [0.5, 0.6) is 0 Å². The topological polar surface area (TPSA) is 98.7 Å². The van der Waals surface area contributed by atoms with E-state index in [1.165, 1.54) is 12.8 Å². The van der Waals surface area contributed by atoms with Crippen LogP contribution in [0.4, 0.5) is 10.5 Å². The zero-order chi connectivity index (χ0) is 19.4. The van der Waals surface area contributed by atoms with Crippen LogP contribution in [0.15, 0.2) is 18.2 Å². The molecule has 0 radical (unpaired) electrons. The molecule has 0 bridgehead atoms. The summed E-state index contributed by atoms with van der Waals surface area (Å²) in [5.41, 5.74) is 2.08. The highest BCUT2D eigenvalue weighted by Gasteiger charge is 2.27. The SMILES string of the molecule is Cc1cc(C(=O)NC2CCCC2)ccc1NC(=O)N1CCC(C(=O)O)CC1. The van der Waals surface area contributed by atoms with E-state index < -0.39 is 5.97 Å². The van der Waals surface area contributed by atoms with Crippen LogP contribution in [-0.4, -0.2) is 47.0 Å². The molecule has 3 N–H and O–H groups in total. The van der Waals surface area contributed by atoms with Gasteiger partial charge in [0.25, 0.3) is 5.91 Å². The van der Waals surface area contributed by atoms with Crippen LogP contribution in [0.25, 0.3) is 0 Å². The number of nitrogens with zero attached hydrogens (tertiary/aromatic N) is 1. The standard InChI is InChI=1S/C20H27N3O4/c1-13-12-15(18(24)21-16-4-2-3-5-16)6-7-17(13)22-20(27)23-10-8-14(9-11-23)19(25)26/h6-7,12,14,16H,2-5,8-11H2,1H3,(H,21,24)(H,22,27)(H,25,26). The Hall–Kier alpha value is -2.57. The first kappa shape index (κ1) is 19.2. The summed E-state index contributed by atoms with van der Waals surface area (Å²) < 4.78 is 0. The van der Waals surface area contributed by atoms with Gasteiger partial charge in [-0.2, -0.15) is 0 Å². The fourth-order valence-electron chi connectivity index (χ4n) is 3.81. The number of aryl methyl sites for hydroxylation is 1. The van der Waals surface area contributed by atoms with Crippen molar-refractivity contribution in [2.24, 2.45) is 5.92 Å². The number of amides is 3. The number of aliphatic carboxylic acids is 1. The molecular weight excluding hydrogens is 346 g/mol. The number of carboxylic acids is 1. The second-order valence-corrected chi connectivity index (χ2v) is 7.51. The van der Waals surface area contributed by atoms with Crippen molar-refractivity contribution < 1.29 is 19.5 Å². The van der Waals surface area contributed by atoms with Crippen molar-refractivity contribution in [3.63, 3.8) is 0 Å². The van der Waals surface area contributed by atoms with E-state index in [1.54, 1.807) is 23.1 Å². The summed E-state index contributed by atoms with van der Waals surface area (Å²) in [6.07, 6.45) is 5.36. The number of benzene rings is 1. The molecule has 1 heterocycles. The van der Waals surface area contributed by atoms with Gasteiger partial charge in [-0.25, -0.2) is 4.79 Å². The molecule has 0 unspecified atom stereocenters. The molecule has 146 valence electrons. The minimum absolute atomic E-state index is 0.0707. The lowest BCUT2D eigenvalue weighted by atomic mass is 9.97. The van der Waals surface area contributed by atoms with E-state index in [9.17, 15) is 14.4 Å². The Bertz CT molecular complexity index is 720. The Morgan fingerprint density at radius 2 is 1.74 bits per heavy atom. The third-order valence-corrected chi connectivity index (χ3v) is 5.55. The number of likely N-dealkylation sites (tertiary alicyclic amines) is 1. The first-order valence-corrected chi connectivity index (χ1v) is 9.64. The fraction of sp³-hybridized carbons (Fsp3) is 0.550. The molecule has 3 rings (SSSR count). The summed E-state index contributed by atoms with van der Waals surface area (Å²) in [6, 6.07) is 5.30. The van der Waals surface area contributed by atoms with Crippen LogP contribution in [0.2, 0.25) is 0 Å². The second kappa shape index (κ2) is 8.41. The van der Waals surface area contributed by atoms with Crippen LogP contribution in [0.1, 0.15) is 54.4 Å². The van der Waals surface area contributed by atoms with Crippen molar-refractivity contribution in [3.05, 3.63) is 29.3 Å². The molecule has 0 spiro atoms. The lowest BCUT2D eigenvalue weighted by Gasteiger charge is -2.30. The molecule has 1 aliphatic heterocycles. The monoisotopic (exact) mass is 373 g/mol. The zero-order valence-electron chi connectivity index (χ0n) is 15.7. The molecule has 27 heavy (non-hydrogen) atoms. The lowest BCUT2D eigenvalue weighted by molar-refractivity contribution is -0.143. The first-order chi connectivity index (χ1) is 12.9. The predicted molar refractivity (Wildman–Crippen MR) is 102 cm³/mol. The van der Waals surface area contributed by atoms with Crippen molar-refractivity contribution in [1.29, 1.82) is 0 Å². The van der Waals surface area contributed by atoms with E-state index >= 15 is 0 Å². The van der Waals surface area contributed by atoms with Gasteiger partial charge >= 0.3 is 12.0 Å². The molecule has 3 amide bonds. The van der Waals surface area contributed by atoms with E-state index in [4.69, 9.17) is 5.11 Å². The van der Waals surface area contributed by atoms with Gasteiger partial charge in [-0.05, 0) is 56.4 Å². The first-order valence-electron chi connectivity index (χ1n) is 9.64. The number of nitrogens with one attached hydrogen (secondary N) is 2. The van der Waals surface area contributed by atoms with E-state index in [1.807, 2.05) is 6.92 Å². The molecule has 2 aliphatic rings. The quantitative estimate of drug-likeness (QED) is 0.755. The van der Waals surface area contributed by atoms with Crippen LogP contribution in [0, 0.1) is 12.8 Å². The predicted octanol–water partition coefficient (Wildman–Crippen LogP) is 3.00. The number of hydrogen-bond donors (Lipinski definition) is 3. The Morgan fingerprint density at radius 3 is 2.33 bits per heavy atom. The van der Waals surface area contributed by atoms with Gasteiger partial charge in [-0.3, -0.25) is 9.59 Å². The maximum absolute atomic E-state index is 12.4. The van der Waals surface area contributed by atoms with Gasteiger partial charge in [0.15, 0.2) is 0 Å². The highest BCUT2D eigenvalue weighted by atomic mass is 16.4. The molecular formula is C20H27N3O4. The lowest BCUT2D eigenvalue weighted by Crippen LogP contribution is -2.42. The van der Waals surface area contributed by atoms with Crippen LogP contribution in [0.3, 0.4) is 0 Å². The molecule has 2 fully saturated rings. The van der Waals surface area contributed by atoms with E-state index in [-0.39, 0.29) is 23.9 Å². The Labute approximate surface area is 159 Å². The minimum atomic E-state index is -0.794. The smallest absolute Gasteiger partial charge is 0.321 e. The van der Waals surface area contributed by atoms with Crippen molar-refractivity contribution in [2.45, 2.75) is 51.5 Å². The number of carbonyl (C=O) groups is 3. The number of rotatable bonds is 4. The van der Waals surface area contributed by atoms with Gasteiger partial charge in [-0.1, -0.05) is 12.8 Å². The average molecular weight is 373 g/mol. The van der Waals surface area contributed by atoms with E-state index in [0.29, 0.717) is 37.2 Å². The van der Waals surface area contributed by atoms with Gasteiger partial charge in [0.1, 0.15) is 0 Å². The van der Waals surface area contributed by atoms with Crippen LogP contribution in [-0.2, 0) is 4.79 Å².